The molecule has 0 atom stereocenters. The first-order chi connectivity index (χ1) is 9.83. The number of carbonyl (C=O) groups excluding carboxylic acids is 1. The summed E-state index contributed by atoms with van der Waals surface area (Å²) in [4.78, 5) is 11.4. The van der Waals surface area contributed by atoms with Gasteiger partial charge in [0.2, 0.25) is 5.13 Å². The zero-order valence-corrected chi connectivity index (χ0v) is 12.8. The number of methoxy groups -OCH3 is 1. The molecule has 1 heterocycles. The van der Waals surface area contributed by atoms with Gasteiger partial charge in [-0.05, 0) is 25.1 Å². The van der Waals surface area contributed by atoms with Crippen molar-refractivity contribution < 1.29 is 17.9 Å². The van der Waals surface area contributed by atoms with Crippen LogP contribution < -0.4 is 10.5 Å². The summed E-state index contributed by atoms with van der Waals surface area (Å²) < 4.78 is 31.6. The number of ether oxygens (including phenoxy) is 1. The number of nitrogens with zero attached hydrogens (tertiary/aromatic N) is 2. The highest BCUT2D eigenvalue weighted by Gasteiger charge is 2.24. The number of benzene rings is 1. The third kappa shape index (κ3) is 3.28. The van der Waals surface area contributed by atoms with Gasteiger partial charge in [0.05, 0.1) is 12.7 Å². The second-order valence-electron chi connectivity index (χ2n) is 3.98. The summed E-state index contributed by atoms with van der Waals surface area (Å²) in [6.07, 6.45) is 0. The largest absolute Gasteiger partial charge is 0.465 e. The second-order valence-corrected chi connectivity index (χ2v) is 6.81. The zero-order valence-electron chi connectivity index (χ0n) is 11.2. The number of hydrogen-bond donors (Lipinski definition) is 2. The standard InChI is InChI=1S/C11H12N4O4S2/c1-6-13-14-11(20-6)15-21(17,18)9-5-7(12)3-4-8(9)10(16)19-2/h3-5H,12H2,1-2H3,(H,14,15). The minimum Gasteiger partial charge on any atom is -0.465 e. The van der Waals surface area contributed by atoms with Crippen LogP contribution in [0.15, 0.2) is 23.1 Å². The molecule has 0 aliphatic carbocycles. The average molecular weight is 328 g/mol. The van der Waals surface area contributed by atoms with Crippen molar-refractivity contribution >= 4 is 38.1 Å². The van der Waals surface area contributed by atoms with Crippen molar-refractivity contribution in [2.75, 3.05) is 17.6 Å². The van der Waals surface area contributed by atoms with Crippen LogP contribution in [0.4, 0.5) is 10.8 Å². The van der Waals surface area contributed by atoms with Gasteiger partial charge in [-0.25, -0.2) is 13.2 Å². The Hall–Kier alpha value is -2.20. The minimum absolute atomic E-state index is 0.103. The molecule has 0 fully saturated rings. The van der Waals surface area contributed by atoms with Gasteiger partial charge in [-0.2, -0.15) is 0 Å². The van der Waals surface area contributed by atoms with E-state index in [1.54, 1.807) is 6.92 Å². The number of aromatic nitrogens is 2. The third-order valence-corrected chi connectivity index (χ3v) is 4.71. The Morgan fingerprint density at radius 2 is 2.10 bits per heavy atom. The monoisotopic (exact) mass is 328 g/mol. The van der Waals surface area contributed by atoms with Crippen LogP contribution in [0.3, 0.4) is 0 Å². The van der Waals surface area contributed by atoms with E-state index in [2.05, 4.69) is 19.7 Å². The molecule has 8 nitrogen and oxygen atoms in total. The molecule has 2 rings (SSSR count). The van der Waals surface area contributed by atoms with Gasteiger partial charge in [0, 0.05) is 5.69 Å². The van der Waals surface area contributed by atoms with Gasteiger partial charge in [0.15, 0.2) is 0 Å². The van der Waals surface area contributed by atoms with Crippen molar-refractivity contribution in [3.63, 3.8) is 0 Å². The molecule has 0 saturated heterocycles. The highest BCUT2D eigenvalue weighted by Crippen LogP contribution is 2.24. The number of hydrogen-bond acceptors (Lipinski definition) is 8. The molecule has 10 heteroatoms. The van der Waals surface area contributed by atoms with Gasteiger partial charge >= 0.3 is 5.97 Å². The maximum atomic E-state index is 12.4. The molecule has 0 bridgehead atoms. The first kappa shape index (κ1) is 15.2. The quantitative estimate of drug-likeness (QED) is 0.634. The van der Waals surface area contributed by atoms with Crippen molar-refractivity contribution in [1.29, 1.82) is 0 Å². The fourth-order valence-corrected chi connectivity index (χ4v) is 3.60. The van der Waals surface area contributed by atoms with Crippen molar-refractivity contribution in [2.45, 2.75) is 11.8 Å². The highest BCUT2D eigenvalue weighted by molar-refractivity contribution is 7.93. The van der Waals surface area contributed by atoms with Gasteiger partial charge in [-0.3, -0.25) is 4.72 Å². The van der Waals surface area contributed by atoms with Gasteiger partial charge < -0.3 is 10.5 Å². The molecular weight excluding hydrogens is 316 g/mol. The summed E-state index contributed by atoms with van der Waals surface area (Å²) >= 11 is 1.07. The Labute approximate surface area is 125 Å². The topological polar surface area (TPSA) is 124 Å². The van der Waals surface area contributed by atoms with E-state index in [9.17, 15) is 13.2 Å². The summed E-state index contributed by atoms with van der Waals surface area (Å²) in [5, 5.41) is 8.09. The Balaban J connectivity index is 2.48. The van der Waals surface area contributed by atoms with Crippen LogP contribution in [-0.2, 0) is 14.8 Å². The van der Waals surface area contributed by atoms with Crippen LogP contribution in [0.1, 0.15) is 15.4 Å². The van der Waals surface area contributed by atoms with Crippen molar-refractivity contribution in [1.82, 2.24) is 10.2 Å². The molecule has 0 amide bonds. The average Bonchev–Trinajstić information content (AvgIpc) is 2.82. The lowest BCUT2D eigenvalue weighted by Gasteiger charge is -2.10. The number of anilines is 2. The first-order valence-corrected chi connectivity index (χ1v) is 7.94. The molecule has 0 unspecified atom stereocenters. The molecule has 0 spiro atoms. The summed E-state index contributed by atoms with van der Waals surface area (Å²) in [6, 6.07) is 3.89. The molecule has 0 aliphatic rings. The molecule has 21 heavy (non-hydrogen) atoms. The molecule has 1 aromatic heterocycles. The van der Waals surface area contributed by atoms with E-state index in [4.69, 9.17) is 5.73 Å². The third-order valence-electron chi connectivity index (χ3n) is 2.45. The number of sulfonamides is 1. The molecule has 0 radical (unpaired) electrons. The summed E-state index contributed by atoms with van der Waals surface area (Å²) in [7, 11) is -2.87. The zero-order chi connectivity index (χ0) is 15.6. The van der Waals surface area contributed by atoms with Crippen LogP contribution in [0.25, 0.3) is 0 Å². The molecule has 112 valence electrons. The maximum Gasteiger partial charge on any atom is 0.339 e. The van der Waals surface area contributed by atoms with Crippen LogP contribution in [0, 0.1) is 6.92 Å². The van der Waals surface area contributed by atoms with Gasteiger partial charge in [0.1, 0.15) is 9.90 Å². The maximum absolute atomic E-state index is 12.4. The molecule has 0 saturated carbocycles. The smallest absolute Gasteiger partial charge is 0.339 e. The highest BCUT2D eigenvalue weighted by atomic mass is 32.2. The lowest BCUT2D eigenvalue weighted by molar-refractivity contribution is 0.0596. The molecular formula is C11H12N4O4S2. The SMILES string of the molecule is COC(=O)c1ccc(N)cc1S(=O)(=O)Nc1nnc(C)s1. The van der Waals surface area contributed by atoms with Crippen molar-refractivity contribution in [3.8, 4) is 0 Å². The van der Waals surface area contributed by atoms with E-state index in [1.807, 2.05) is 0 Å². The van der Waals surface area contributed by atoms with Crippen molar-refractivity contribution in [3.05, 3.63) is 28.8 Å². The van der Waals surface area contributed by atoms with E-state index in [-0.39, 0.29) is 21.3 Å². The first-order valence-electron chi connectivity index (χ1n) is 5.64. The van der Waals surface area contributed by atoms with E-state index in [1.165, 1.54) is 18.2 Å². The molecule has 2 aromatic rings. The number of esters is 1. The predicted octanol–water partition coefficient (Wildman–Crippen LogP) is 1.02. The van der Waals surface area contributed by atoms with E-state index in [0.717, 1.165) is 18.4 Å². The number of carbonyl (C=O) groups is 1. The molecule has 1 aromatic carbocycles. The Kier molecular flexibility index (Phi) is 4.09. The Morgan fingerprint density at radius 3 is 2.67 bits per heavy atom. The van der Waals surface area contributed by atoms with Crippen molar-refractivity contribution in [2.24, 2.45) is 0 Å². The number of rotatable bonds is 4. The number of aryl methyl sites for hydroxylation is 1. The second kappa shape index (κ2) is 5.66. The van der Waals surface area contributed by atoms with E-state index < -0.39 is 16.0 Å². The lowest BCUT2D eigenvalue weighted by atomic mass is 10.2. The van der Waals surface area contributed by atoms with Crippen LogP contribution in [0.5, 0.6) is 0 Å². The fraction of sp³-hybridized carbons (Fsp3) is 0.182. The van der Waals surface area contributed by atoms with E-state index >= 15 is 0 Å². The van der Waals surface area contributed by atoms with Crippen LogP contribution >= 0.6 is 11.3 Å². The summed E-state index contributed by atoms with van der Waals surface area (Å²) in [5.74, 6) is -0.774. The number of nitrogen functional groups attached to an aromatic ring is 1. The predicted molar refractivity (Wildman–Crippen MR) is 77.6 cm³/mol. The number of nitrogens with two attached hydrogens (primary N) is 1. The van der Waals surface area contributed by atoms with E-state index in [0.29, 0.717) is 5.01 Å². The van der Waals surface area contributed by atoms with Gasteiger partial charge in [-0.1, -0.05) is 11.3 Å². The van der Waals surface area contributed by atoms with Gasteiger partial charge in [0.25, 0.3) is 10.0 Å². The summed E-state index contributed by atoms with van der Waals surface area (Å²) in [5.41, 5.74) is 5.69. The number of nitrogens with one attached hydrogen (secondary N) is 1. The summed E-state index contributed by atoms with van der Waals surface area (Å²) in [6.45, 7) is 1.69. The minimum atomic E-state index is -4.03. The Bertz CT molecular complexity index is 785. The lowest BCUT2D eigenvalue weighted by Crippen LogP contribution is -2.18. The van der Waals surface area contributed by atoms with Gasteiger partial charge in [-0.15, -0.1) is 10.2 Å². The fourth-order valence-electron chi connectivity index (χ4n) is 1.55. The molecule has 0 aliphatic heterocycles. The van der Waals surface area contributed by atoms with Crippen LogP contribution in [-0.4, -0.2) is 31.7 Å². The molecule has 3 N–H and O–H groups in total. The normalized spacial score (nSPS) is 11.1. The van der Waals surface area contributed by atoms with Crippen LogP contribution in [0.2, 0.25) is 0 Å². The Morgan fingerprint density at radius 1 is 1.38 bits per heavy atom.